The molecule has 5 rings (SSSR count). The molecule has 3 heteroatoms. The van der Waals surface area contributed by atoms with Crippen molar-refractivity contribution in [2.45, 2.75) is 26.8 Å². The molecule has 3 nitrogen and oxygen atoms in total. The second-order valence-corrected chi connectivity index (χ2v) is 8.62. The van der Waals surface area contributed by atoms with Gasteiger partial charge in [-0.25, -0.2) is 4.98 Å². The lowest BCUT2D eigenvalue weighted by molar-refractivity contribution is 0.296. The fourth-order valence-corrected chi connectivity index (χ4v) is 4.59. The normalized spacial score (nSPS) is 14.4. The van der Waals surface area contributed by atoms with Gasteiger partial charge in [-0.3, -0.25) is 4.90 Å². The van der Waals surface area contributed by atoms with E-state index in [1.165, 1.54) is 28.1 Å². The summed E-state index contributed by atoms with van der Waals surface area (Å²) < 4.78 is 2.20. The smallest absolute Gasteiger partial charge is 0.137 e. The van der Waals surface area contributed by atoms with Crippen molar-refractivity contribution in [3.8, 4) is 17.1 Å². The molecule has 0 spiro atoms. The average Bonchev–Trinajstić information content (AvgIpc) is 3.18. The van der Waals surface area contributed by atoms with E-state index in [0.717, 1.165) is 43.1 Å². The Morgan fingerprint density at radius 2 is 1.47 bits per heavy atom. The van der Waals surface area contributed by atoms with E-state index in [9.17, 15) is 0 Å². The Morgan fingerprint density at radius 3 is 2.22 bits per heavy atom. The van der Waals surface area contributed by atoms with E-state index in [0.29, 0.717) is 0 Å². The van der Waals surface area contributed by atoms with E-state index >= 15 is 0 Å². The summed E-state index contributed by atoms with van der Waals surface area (Å²) in [4.78, 5) is 7.48. The van der Waals surface area contributed by atoms with E-state index in [2.05, 4.69) is 114 Å². The highest BCUT2D eigenvalue weighted by molar-refractivity contribution is 5.71. The summed E-state index contributed by atoms with van der Waals surface area (Å²) in [7, 11) is 0. The number of nitrogens with zero attached hydrogens (tertiary/aromatic N) is 3. The lowest BCUT2D eigenvalue weighted by Gasteiger charge is -2.27. The maximum absolute atomic E-state index is 4.95. The van der Waals surface area contributed by atoms with Gasteiger partial charge >= 0.3 is 0 Å². The summed E-state index contributed by atoms with van der Waals surface area (Å²) in [6.07, 6.45) is 3.50. The molecule has 2 aromatic heterocycles. The molecule has 0 aliphatic carbocycles. The van der Waals surface area contributed by atoms with Crippen LogP contribution >= 0.6 is 0 Å². The largest absolute Gasteiger partial charge is 0.303 e. The molecule has 0 atom stereocenters. The number of pyridine rings is 1. The van der Waals surface area contributed by atoms with Crippen LogP contribution in [0.3, 0.4) is 0 Å². The molecule has 0 amide bonds. The Bertz CT molecular complexity index is 1210. The van der Waals surface area contributed by atoms with Crippen LogP contribution in [0.1, 0.15) is 28.9 Å². The van der Waals surface area contributed by atoms with Crippen LogP contribution in [0.25, 0.3) is 22.6 Å². The zero-order valence-corrected chi connectivity index (χ0v) is 18.8. The zero-order chi connectivity index (χ0) is 21.9. The highest BCUT2D eigenvalue weighted by Crippen LogP contribution is 2.26. The monoisotopic (exact) mass is 419 g/mol. The van der Waals surface area contributed by atoms with Crippen LogP contribution in [-0.4, -0.2) is 27.5 Å². The molecule has 0 unspecified atom stereocenters. The van der Waals surface area contributed by atoms with Crippen LogP contribution in [0.5, 0.6) is 0 Å². The summed E-state index contributed by atoms with van der Waals surface area (Å²) in [5.41, 5.74) is 8.65. The van der Waals surface area contributed by atoms with Crippen LogP contribution in [0.4, 0.5) is 0 Å². The molecule has 160 valence electrons. The molecule has 1 aliphatic rings. The number of aromatic nitrogens is 2. The lowest BCUT2D eigenvalue weighted by Crippen LogP contribution is -2.29. The second kappa shape index (κ2) is 8.97. The Morgan fingerprint density at radius 1 is 0.750 bits per heavy atom. The van der Waals surface area contributed by atoms with E-state index in [1.807, 2.05) is 0 Å². The van der Waals surface area contributed by atoms with Crippen molar-refractivity contribution in [1.82, 2.24) is 14.5 Å². The van der Waals surface area contributed by atoms with Crippen molar-refractivity contribution in [3.63, 3.8) is 0 Å². The van der Waals surface area contributed by atoms with Crippen LogP contribution < -0.4 is 0 Å². The third-order valence-corrected chi connectivity index (χ3v) is 6.27. The molecule has 0 radical (unpaired) electrons. The maximum atomic E-state index is 4.95. The third-order valence-electron chi connectivity index (χ3n) is 6.27. The van der Waals surface area contributed by atoms with Gasteiger partial charge in [0, 0.05) is 36.6 Å². The van der Waals surface area contributed by atoms with Gasteiger partial charge in [-0.2, -0.15) is 0 Å². The molecule has 0 N–H and O–H groups in total. The minimum atomic E-state index is 0.970. The first-order valence-electron chi connectivity index (χ1n) is 11.4. The molecule has 2 aromatic carbocycles. The minimum Gasteiger partial charge on any atom is -0.303 e. The summed E-state index contributed by atoms with van der Waals surface area (Å²) in [5, 5.41) is 0. The standard InChI is InChI=1S/C29H29N3/c1-22-13-14-23(2)32(22)29-12-6-11-28(30-29)26-17-15-25(16-18-26)27-10-7-19-31(21-27)20-24-8-4-3-5-9-24/h3-6,8-18H,7,19-21H2,1-2H3. The molecule has 4 aromatic rings. The van der Waals surface area contributed by atoms with Crippen LogP contribution in [-0.2, 0) is 6.54 Å². The van der Waals surface area contributed by atoms with Gasteiger partial charge in [0.25, 0.3) is 0 Å². The van der Waals surface area contributed by atoms with Crippen molar-refractivity contribution in [1.29, 1.82) is 0 Å². The van der Waals surface area contributed by atoms with Gasteiger partial charge in [0.05, 0.1) is 5.69 Å². The zero-order valence-electron chi connectivity index (χ0n) is 18.8. The van der Waals surface area contributed by atoms with Gasteiger partial charge in [0.15, 0.2) is 0 Å². The lowest BCUT2D eigenvalue weighted by atomic mass is 9.98. The van der Waals surface area contributed by atoms with Gasteiger partial charge in [-0.1, -0.05) is 66.7 Å². The number of benzene rings is 2. The van der Waals surface area contributed by atoms with Crippen molar-refractivity contribution < 1.29 is 0 Å². The molecule has 32 heavy (non-hydrogen) atoms. The predicted molar refractivity (Wildman–Crippen MR) is 133 cm³/mol. The van der Waals surface area contributed by atoms with Gasteiger partial charge in [-0.05, 0) is 61.2 Å². The quantitative estimate of drug-likeness (QED) is 0.371. The molecule has 0 saturated carbocycles. The molecule has 0 fully saturated rings. The van der Waals surface area contributed by atoms with Crippen molar-refractivity contribution >= 4 is 5.57 Å². The summed E-state index contributed by atoms with van der Waals surface area (Å²) in [6.45, 7) is 7.36. The molecule has 0 saturated heterocycles. The topological polar surface area (TPSA) is 21.1 Å². The molecule has 3 heterocycles. The van der Waals surface area contributed by atoms with Gasteiger partial charge in [0.1, 0.15) is 5.82 Å². The van der Waals surface area contributed by atoms with Gasteiger partial charge < -0.3 is 4.57 Å². The number of hydrogen-bond donors (Lipinski definition) is 0. The molecule has 1 aliphatic heterocycles. The van der Waals surface area contributed by atoms with Crippen LogP contribution in [0.15, 0.2) is 91.0 Å². The van der Waals surface area contributed by atoms with Crippen molar-refractivity contribution in [2.24, 2.45) is 0 Å². The average molecular weight is 420 g/mol. The van der Waals surface area contributed by atoms with Crippen molar-refractivity contribution in [3.05, 3.63) is 114 Å². The highest BCUT2D eigenvalue weighted by Gasteiger charge is 2.15. The fraction of sp³-hybridized carbons (Fsp3) is 0.207. The van der Waals surface area contributed by atoms with E-state index in [1.54, 1.807) is 0 Å². The Kier molecular flexibility index (Phi) is 5.74. The molecule has 0 bridgehead atoms. The van der Waals surface area contributed by atoms with E-state index in [4.69, 9.17) is 4.98 Å². The fourth-order valence-electron chi connectivity index (χ4n) is 4.59. The minimum absolute atomic E-state index is 0.970. The third kappa shape index (κ3) is 4.30. The first-order chi connectivity index (χ1) is 15.7. The highest BCUT2D eigenvalue weighted by atomic mass is 15.1. The van der Waals surface area contributed by atoms with Crippen LogP contribution in [0.2, 0.25) is 0 Å². The summed E-state index contributed by atoms with van der Waals surface area (Å²) in [5.74, 6) is 0.970. The van der Waals surface area contributed by atoms with Crippen LogP contribution in [0, 0.1) is 13.8 Å². The van der Waals surface area contributed by atoms with Gasteiger partial charge in [-0.15, -0.1) is 0 Å². The predicted octanol–water partition coefficient (Wildman–Crippen LogP) is 6.45. The molecular weight excluding hydrogens is 390 g/mol. The SMILES string of the molecule is Cc1ccc(C)n1-c1cccc(-c2ccc(C3=CCCN(Cc4ccccc4)C3)cc2)n1. The number of hydrogen-bond acceptors (Lipinski definition) is 2. The summed E-state index contributed by atoms with van der Waals surface area (Å²) in [6, 6.07) is 30.2. The second-order valence-electron chi connectivity index (χ2n) is 8.62. The Hall–Kier alpha value is -3.43. The first kappa shape index (κ1) is 20.5. The number of rotatable bonds is 5. The molecular formula is C29H29N3. The number of aryl methyl sites for hydroxylation is 2. The first-order valence-corrected chi connectivity index (χ1v) is 11.4. The van der Waals surface area contributed by atoms with E-state index in [-0.39, 0.29) is 0 Å². The maximum Gasteiger partial charge on any atom is 0.137 e. The van der Waals surface area contributed by atoms with Crippen molar-refractivity contribution in [2.75, 3.05) is 13.1 Å². The van der Waals surface area contributed by atoms with E-state index < -0.39 is 0 Å². The summed E-state index contributed by atoms with van der Waals surface area (Å²) >= 11 is 0. The Labute approximate surface area is 190 Å². The van der Waals surface area contributed by atoms with Gasteiger partial charge in [0.2, 0.25) is 0 Å². The Balaban J connectivity index is 1.33.